The summed E-state index contributed by atoms with van der Waals surface area (Å²) in [6, 6.07) is 26.3. The fourth-order valence-corrected chi connectivity index (χ4v) is 14.3. The minimum atomic E-state index is -1.34. The highest BCUT2D eigenvalue weighted by molar-refractivity contribution is 6.07. The van der Waals surface area contributed by atoms with Crippen LogP contribution < -0.4 is 49.4 Å². The molecule has 0 spiro atoms. The third-order valence-electron chi connectivity index (χ3n) is 21.0. The zero-order chi connectivity index (χ0) is 99.8. The minimum Gasteiger partial charge on any atom is -0.390 e. The molecule has 134 heavy (non-hydrogen) atoms. The number of unbranched alkanes of at least 4 members (excludes halogenated alkanes) is 1. The monoisotopic (exact) mass is 1870 g/mol. The number of halogens is 6. The Morgan fingerprint density at radius 1 is 0.336 bits per heavy atom. The van der Waals surface area contributed by atoms with E-state index in [9.17, 15) is 99.2 Å². The largest absolute Gasteiger partial charge is 0.390 e. The van der Waals surface area contributed by atoms with E-state index in [0.717, 1.165) is 54.4 Å². The van der Waals surface area contributed by atoms with Crippen LogP contribution in [0.2, 0.25) is 0 Å². The molecule has 0 saturated carbocycles. The quantitative estimate of drug-likeness (QED) is 0.0125. The number of rotatable bonds is 50. The van der Waals surface area contributed by atoms with E-state index in [1.54, 1.807) is 54.3 Å². The van der Waals surface area contributed by atoms with Gasteiger partial charge >= 0.3 is 0 Å². The number of carbonyl (C=O) groups excluding carboxylic acids is 12. The SMILES string of the molecule is CCCCN(CC(O)C(Cc1cc(F)cc(F)c1)NC(=O)c1cc(C(N)=O)cc(C(=O)N(CCC)CCC)c1)NC(=O)Cc1ccccc1.CCCN(CCC)C(=O)c1cc(C(N)=O)cc(C(=O)NC(Cc2cc(F)cc(F)c2)C(O)CN(C)NC(=O)C(C)C)c1.CCCN(CCC)C(=O)c1cc(C(N)=O)cc(C(=O)NC(Cc2cc(F)cc(F)c2)C(O)CN(CC)NC(=O)C(C)C)c1. The summed E-state index contributed by atoms with van der Waals surface area (Å²) in [4.78, 5) is 159. The van der Waals surface area contributed by atoms with Crippen LogP contribution in [0.5, 0.6) is 0 Å². The number of hydrazine groups is 3. The molecule has 0 radical (unpaired) electrons. The van der Waals surface area contributed by atoms with E-state index < -0.39 is 107 Å². The van der Waals surface area contributed by atoms with Crippen LogP contribution in [0.25, 0.3) is 0 Å². The minimum absolute atomic E-state index is 0.0539. The summed E-state index contributed by atoms with van der Waals surface area (Å²) in [6.07, 6.45) is 1.36. The van der Waals surface area contributed by atoms with Gasteiger partial charge in [0.15, 0.2) is 0 Å². The van der Waals surface area contributed by atoms with Crippen LogP contribution in [0.3, 0.4) is 0 Å². The highest BCUT2D eigenvalue weighted by Gasteiger charge is 2.33. The number of hydrogen-bond acceptors (Lipinski definition) is 18. The maximum Gasteiger partial charge on any atom is 0.253 e. The molecule has 30 nitrogen and oxygen atoms in total. The van der Waals surface area contributed by atoms with Crippen LogP contribution in [0, 0.1) is 46.7 Å². The highest BCUT2D eigenvalue weighted by Crippen LogP contribution is 2.23. The third-order valence-corrected chi connectivity index (χ3v) is 21.0. The molecule has 0 heterocycles. The van der Waals surface area contributed by atoms with E-state index in [1.165, 1.54) is 71.7 Å². The molecule has 7 aromatic carbocycles. The van der Waals surface area contributed by atoms with Gasteiger partial charge in [-0.2, -0.15) is 0 Å². The molecule has 15 N–H and O–H groups in total. The summed E-state index contributed by atoms with van der Waals surface area (Å²) in [6.45, 7) is 25.3. The second kappa shape index (κ2) is 56.5. The lowest BCUT2D eigenvalue weighted by atomic mass is 9.99. The summed E-state index contributed by atoms with van der Waals surface area (Å²) < 4.78 is 84.2. The van der Waals surface area contributed by atoms with Crippen molar-refractivity contribution in [3.63, 3.8) is 0 Å². The van der Waals surface area contributed by atoms with Gasteiger partial charge in [-0.25, -0.2) is 41.4 Å². The first-order chi connectivity index (χ1) is 63.5. The van der Waals surface area contributed by atoms with Gasteiger partial charge in [-0.05, 0) is 177 Å². The molecule has 6 atom stereocenters. The summed E-state index contributed by atoms with van der Waals surface area (Å²) in [5.74, 6) is -12.3. The van der Waals surface area contributed by atoms with Crippen molar-refractivity contribution in [3.8, 4) is 0 Å². The second-order valence-corrected chi connectivity index (χ2v) is 33.4. The van der Waals surface area contributed by atoms with Gasteiger partial charge in [-0.15, -0.1) is 0 Å². The van der Waals surface area contributed by atoms with Crippen LogP contribution >= 0.6 is 0 Å². The molecule has 7 aromatic rings. The molecule has 7 rings (SSSR count). The summed E-state index contributed by atoms with van der Waals surface area (Å²) in [5.41, 5.74) is 26.0. The zero-order valence-electron chi connectivity index (χ0n) is 78.6. The van der Waals surface area contributed by atoms with Gasteiger partial charge in [0, 0.05) is 159 Å². The van der Waals surface area contributed by atoms with Crippen LogP contribution in [-0.4, -0.2) is 231 Å². The van der Waals surface area contributed by atoms with Gasteiger partial charge in [0.1, 0.15) is 34.9 Å². The first kappa shape index (κ1) is 112. The van der Waals surface area contributed by atoms with Crippen molar-refractivity contribution in [1.82, 2.24) is 62.0 Å². The van der Waals surface area contributed by atoms with Crippen molar-refractivity contribution < 1.29 is 99.2 Å². The molecular weight excluding hydrogens is 1740 g/mol. The van der Waals surface area contributed by atoms with E-state index in [1.807, 2.05) is 78.8 Å². The van der Waals surface area contributed by atoms with Gasteiger partial charge in [0.05, 0.1) is 42.9 Å². The average Bonchev–Trinajstić information content (AvgIpc) is 0.818. The molecule has 0 saturated heterocycles. The molecule has 0 aliphatic heterocycles. The molecule has 36 heteroatoms. The summed E-state index contributed by atoms with van der Waals surface area (Å²) in [5, 5.41) is 46.3. The number of likely N-dealkylation sites (N-methyl/N-ethyl adjacent to an activating group) is 2. The smallest absolute Gasteiger partial charge is 0.253 e. The Hall–Kier alpha value is -12.5. The first-order valence-corrected chi connectivity index (χ1v) is 45.2. The zero-order valence-corrected chi connectivity index (χ0v) is 78.6. The molecule has 0 fully saturated rings. The second-order valence-electron chi connectivity index (χ2n) is 33.4. The number of aliphatic hydroxyl groups is 3. The Morgan fingerprint density at radius 2 is 0.619 bits per heavy atom. The number of benzene rings is 7. The standard InChI is InChI=1S/C37H47F2N5O5.C31H43F2N5O5.C30H41F2N5O5/c1-4-7-15-44(42-34(46)19-25-11-9-8-10-12-25)24-33(45)32(18-26-16-30(38)23-31(39)17-26)41-36(48)28-20-27(35(40)47)21-29(22-28)37(49)43(13-5-2)14-6-3;1-6-9-37(10-7-2)31(43)23-15-21(28(34)40)14-22(16-23)30(42)35-26(13-20-11-24(32)17-25(33)12-20)27(39)18-38(8-3)36-29(41)19(4)5;1-6-8-37(9-7-2)30(42)22-14-20(27(33)39)13-21(15-22)29(41)34-25(12-19-10-23(31)16-24(32)11-19)26(38)17-36(5)35-28(40)18(3)4/h8-12,16-17,20-23,32-33,45H,4-7,13-15,18-19,24H2,1-3H3,(H2,40,47)(H,41,48)(H,42,46);11-12,14-17,19,26-27,39H,6-10,13,18H2,1-5H3,(H2,34,40)(H,35,42)(H,36,41);10-11,13-16,18,25-26,38H,6-9,12,17H2,1-5H3,(H2,33,39)(H,34,41)(H,35,40). The lowest BCUT2D eigenvalue weighted by Crippen LogP contribution is -2.53. The van der Waals surface area contributed by atoms with Gasteiger partial charge < -0.3 is 63.2 Å². The lowest BCUT2D eigenvalue weighted by molar-refractivity contribution is -0.130. The Balaban J connectivity index is 0.000000357. The number of nitrogens with zero attached hydrogens (tertiary/aromatic N) is 6. The molecule has 0 aliphatic carbocycles. The molecule has 6 unspecified atom stereocenters. The van der Waals surface area contributed by atoms with Gasteiger partial charge in [0.2, 0.25) is 35.4 Å². The normalized spacial score (nSPS) is 12.5. The van der Waals surface area contributed by atoms with E-state index >= 15 is 0 Å². The molecular formula is C98H131F6N15O15. The molecule has 0 aliphatic rings. The number of hydrogen-bond donors (Lipinski definition) is 12. The van der Waals surface area contributed by atoms with E-state index in [0.29, 0.717) is 109 Å². The van der Waals surface area contributed by atoms with Crippen molar-refractivity contribution in [2.45, 2.75) is 197 Å². The van der Waals surface area contributed by atoms with Crippen LogP contribution in [0.4, 0.5) is 26.3 Å². The summed E-state index contributed by atoms with van der Waals surface area (Å²) in [7, 11) is 1.52. The molecule has 0 aromatic heterocycles. The highest BCUT2D eigenvalue weighted by atomic mass is 19.2. The summed E-state index contributed by atoms with van der Waals surface area (Å²) >= 11 is 0. The average molecular weight is 1870 g/mol. The van der Waals surface area contributed by atoms with E-state index in [4.69, 9.17) is 17.2 Å². The van der Waals surface area contributed by atoms with Crippen molar-refractivity contribution >= 4 is 70.9 Å². The lowest BCUT2D eigenvalue weighted by Gasteiger charge is -2.30. The van der Waals surface area contributed by atoms with Gasteiger partial charge in [0.25, 0.3) is 35.4 Å². The fraction of sp³-hybridized carbons (Fsp3) is 0.449. The molecule has 0 bridgehead atoms. The van der Waals surface area contributed by atoms with Crippen LogP contribution in [-0.2, 0) is 40.1 Å². The van der Waals surface area contributed by atoms with E-state index in [-0.39, 0.29) is 159 Å². The maximum absolute atomic E-state index is 14.2. The van der Waals surface area contributed by atoms with Crippen molar-refractivity contribution in [1.29, 1.82) is 0 Å². The molecule has 12 amide bonds. The predicted octanol–water partition coefficient (Wildman–Crippen LogP) is 10.1. The van der Waals surface area contributed by atoms with Crippen LogP contribution in [0.15, 0.2) is 140 Å². The first-order valence-electron chi connectivity index (χ1n) is 45.2. The predicted molar refractivity (Wildman–Crippen MR) is 497 cm³/mol. The van der Waals surface area contributed by atoms with Gasteiger partial charge in [-0.3, -0.25) is 73.8 Å². The Labute approximate surface area is 779 Å². The number of carbonyl (C=O) groups is 12. The van der Waals surface area contributed by atoms with E-state index in [2.05, 4.69) is 32.2 Å². The number of nitrogens with two attached hydrogens (primary N) is 3. The van der Waals surface area contributed by atoms with Crippen LogP contribution in [0.1, 0.15) is 250 Å². The Kier molecular flexibility index (Phi) is 47.3. The molecule has 730 valence electrons. The number of nitrogens with one attached hydrogen (secondary N) is 6. The van der Waals surface area contributed by atoms with Crippen molar-refractivity contribution in [2.75, 3.05) is 79.0 Å². The fourth-order valence-electron chi connectivity index (χ4n) is 14.3. The topological polar surface area (TPSA) is 435 Å². The van der Waals surface area contributed by atoms with Crippen molar-refractivity contribution in [3.05, 3.63) is 247 Å². The van der Waals surface area contributed by atoms with Crippen molar-refractivity contribution in [2.24, 2.45) is 29.0 Å². The number of aliphatic hydroxyl groups excluding tert-OH is 3. The number of primary amides is 3. The third kappa shape index (κ3) is 37.5. The Morgan fingerprint density at radius 3 is 0.903 bits per heavy atom. The maximum atomic E-state index is 14.2. The number of amides is 12. The van der Waals surface area contributed by atoms with Gasteiger partial charge in [-0.1, -0.05) is 120 Å². The Bertz CT molecular complexity index is 5040.